The maximum atomic E-state index is 12.1. The Hall–Kier alpha value is -3.02. The van der Waals surface area contributed by atoms with E-state index in [9.17, 15) is 4.79 Å². The molecule has 1 aliphatic heterocycles. The molecule has 0 saturated heterocycles. The van der Waals surface area contributed by atoms with Gasteiger partial charge >= 0.3 is 0 Å². The highest BCUT2D eigenvalue weighted by Gasteiger charge is 2.36. The van der Waals surface area contributed by atoms with E-state index in [1.54, 1.807) is 12.3 Å². The maximum Gasteiger partial charge on any atom is 0.270 e. The first-order valence-electron chi connectivity index (χ1n) is 7.43. The maximum absolute atomic E-state index is 12.1. The monoisotopic (exact) mass is 309 g/mol. The number of rotatable bonds is 4. The fourth-order valence-corrected chi connectivity index (χ4v) is 2.84. The Labute approximate surface area is 132 Å². The number of amides is 1. The Bertz CT molecular complexity index is 835. The molecule has 4 rings (SSSR count). The SMILES string of the molecule is CCOc1ccc(-c2n[nH]c3c2[C@@H](c2ccco2)NC3=O)cc1. The first-order valence-corrected chi connectivity index (χ1v) is 7.43. The molecule has 0 saturated carbocycles. The number of hydrogen-bond donors (Lipinski definition) is 2. The summed E-state index contributed by atoms with van der Waals surface area (Å²) in [6.45, 7) is 2.57. The number of nitrogens with one attached hydrogen (secondary N) is 2. The van der Waals surface area contributed by atoms with E-state index in [0.717, 1.165) is 22.6 Å². The highest BCUT2D eigenvalue weighted by molar-refractivity contribution is 5.99. The molecule has 3 aromatic rings. The van der Waals surface area contributed by atoms with Crippen LogP contribution in [0.25, 0.3) is 11.3 Å². The van der Waals surface area contributed by atoms with Crippen LogP contribution in [0.1, 0.15) is 34.8 Å². The molecule has 3 heterocycles. The lowest BCUT2D eigenvalue weighted by atomic mass is 10.0. The zero-order valence-corrected chi connectivity index (χ0v) is 12.5. The van der Waals surface area contributed by atoms with Gasteiger partial charge in [0.1, 0.15) is 23.2 Å². The molecule has 1 atom stereocenters. The molecule has 0 aliphatic carbocycles. The number of carbonyl (C=O) groups excluding carboxylic acids is 1. The van der Waals surface area contributed by atoms with Crippen molar-refractivity contribution in [3.63, 3.8) is 0 Å². The van der Waals surface area contributed by atoms with Crippen molar-refractivity contribution in [3.05, 3.63) is 59.7 Å². The van der Waals surface area contributed by atoms with E-state index in [0.29, 0.717) is 18.1 Å². The van der Waals surface area contributed by atoms with Gasteiger partial charge in [-0.2, -0.15) is 5.10 Å². The summed E-state index contributed by atoms with van der Waals surface area (Å²) < 4.78 is 10.9. The Morgan fingerprint density at radius 1 is 1.26 bits per heavy atom. The topological polar surface area (TPSA) is 80.2 Å². The Morgan fingerprint density at radius 3 is 2.78 bits per heavy atom. The van der Waals surface area contributed by atoms with E-state index in [-0.39, 0.29) is 11.9 Å². The molecule has 0 bridgehead atoms. The van der Waals surface area contributed by atoms with Gasteiger partial charge in [-0.15, -0.1) is 0 Å². The summed E-state index contributed by atoms with van der Waals surface area (Å²) in [4.78, 5) is 12.1. The summed E-state index contributed by atoms with van der Waals surface area (Å²) >= 11 is 0. The van der Waals surface area contributed by atoms with Gasteiger partial charge in [-0.05, 0) is 43.3 Å². The van der Waals surface area contributed by atoms with Crippen molar-refractivity contribution < 1.29 is 13.9 Å². The van der Waals surface area contributed by atoms with Crippen LogP contribution in [0.4, 0.5) is 0 Å². The van der Waals surface area contributed by atoms with Crippen LogP contribution < -0.4 is 10.1 Å². The minimum absolute atomic E-state index is 0.175. The lowest BCUT2D eigenvalue weighted by molar-refractivity contribution is 0.0953. The molecule has 1 aliphatic rings. The molecule has 0 unspecified atom stereocenters. The van der Waals surface area contributed by atoms with Gasteiger partial charge in [-0.1, -0.05) is 0 Å². The number of H-pyrrole nitrogens is 1. The molecule has 6 nitrogen and oxygen atoms in total. The Kier molecular flexibility index (Phi) is 3.15. The number of nitrogens with zero attached hydrogens (tertiary/aromatic N) is 1. The number of benzene rings is 1. The average molecular weight is 309 g/mol. The van der Waals surface area contributed by atoms with Gasteiger partial charge in [0.15, 0.2) is 0 Å². The summed E-state index contributed by atoms with van der Waals surface area (Å²) in [5.41, 5.74) is 2.95. The van der Waals surface area contributed by atoms with Crippen LogP contribution in [0, 0.1) is 0 Å². The highest BCUT2D eigenvalue weighted by atomic mass is 16.5. The first kappa shape index (κ1) is 13.6. The van der Waals surface area contributed by atoms with E-state index in [1.165, 1.54) is 0 Å². The number of fused-ring (bicyclic) bond motifs is 1. The van der Waals surface area contributed by atoms with E-state index in [1.807, 2.05) is 37.3 Å². The molecule has 1 amide bonds. The molecule has 0 radical (unpaired) electrons. The first-order chi connectivity index (χ1) is 11.3. The lowest BCUT2D eigenvalue weighted by Crippen LogP contribution is -2.20. The zero-order valence-electron chi connectivity index (χ0n) is 12.5. The van der Waals surface area contributed by atoms with Crippen molar-refractivity contribution in [2.45, 2.75) is 13.0 Å². The second-order valence-electron chi connectivity index (χ2n) is 5.24. The number of furan rings is 1. The third kappa shape index (κ3) is 2.19. The molecule has 2 aromatic heterocycles. The quantitative estimate of drug-likeness (QED) is 0.776. The van der Waals surface area contributed by atoms with Crippen molar-refractivity contribution >= 4 is 5.91 Å². The minimum Gasteiger partial charge on any atom is -0.494 e. The van der Waals surface area contributed by atoms with Crippen LogP contribution in [-0.2, 0) is 0 Å². The Morgan fingerprint density at radius 2 is 2.09 bits per heavy atom. The van der Waals surface area contributed by atoms with Crippen LogP contribution in [0.3, 0.4) is 0 Å². The molecule has 1 aromatic carbocycles. The number of aromatic nitrogens is 2. The van der Waals surface area contributed by atoms with Crippen LogP contribution in [-0.4, -0.2) is 22.7 Å². The standard InChI is InChI=1S/C17H15N3O3/c1-2-22-11-7-5-10(6-8-11)14-13-15(12-4-3-9-23-12)18-17(21)16(13)20-19-14/h3-9,15H,2H2,1H3,(H,18,21)(H,19,20)/t15-/m1/s1. The van der Waals surface area contributed by atoms with E-state index >= 15 is 0 Å². The third-order valence-electron chi connectivity index (χ3n) is 3.86. The van der Waals surface area contributed by atoms with Gasteiger partial charge in [0.25, 0.3) is 5.91 Å². The van der Waals surface area contributed by atoms with Crippen molar-refractivity contribution in [2.24, 2.45) is 0 Å². The largest absolute Gasteiger partial charge is 0.494 e. The van der Waals surface area contributed by atoms with Gasteiger partial charge in [-0.3, -0.25) is 9.89 Å². The molecule has 6 heteroatoms. The normalized spacial score (nSPS) is 16.2. The molecule has 0 spiro atoms. The van der Waals surface area contributed by atoms with Gasteiger partial charge in [0, 0.05) is 11.1 Å². The van der Waals surface area contributed by atoms with Gasteiger partial charge in [-0.25, -0.2) is 0 Å². The zero-order chi connectivity index (χ0) is 15.8. The summed E-state index contributed by atoms with van der Waals surface area (Å²) in [6, 6.07) is 11.0. The minimum atomic E-state index is -0.326. The van der Waals surface area contributed by atoms with Crippen molar-refractivity contribution in [1.82, 2.24) is 15.5 Å². The summed E-state index contributed by atoms with van der Waals surface area (Å²) in [7, 11) is 0. The number of ether oxygens (including phenoxy) is 1. The summed E-state index contributed by atoms with van der Waals surface area (Å²) in [5.74, 6) is 1.32. The van der Waals surface area contributed by atoms with E-state index < -0.39 is 0 Å². The van der Waals surface area contributed by atoms with E-state index in [2.05, 4.69) is 15.5 Å². The highest BCUT2D eigenvalue weighted by Crippen LogP contribution is 2.37. The molecule has 2 N–H and O–H groups in total. The van der Waals surface area contributed by atoms with Gasteiger partial charge in [0.2, 0.25) is 0 Å². The van der Waals surface area contributed by atoms with Gasteiger partial charge in [0.05, 0.1) is 18.6 Å². The van der Waals surface area contributed by atoms with Crippen LogP contribution in [0.15, 0.2) is 47.1 Å². The van der Waals surface area contributed by atoms with E-state index in [4.69, 9.17) is 9.15 Å². The average Bonchev–Trinajstić information content (AvgIpc) is 3.27. The summed E-state index contributed by atoms with van der Waals surface area (Å²) in [6.07, 6.45) is 1.59. The fraction of sp³-hybridized carbons (Fsp3) is 0.176. The molecular weight excluding hydrogens is 294 g/mol. The molecule has 23 heavy (non-hydrogen) atoms. The molecular formula is C17H15N3O3. The van der Waals surface area contributed by atoms with Crippen LogP contribution in [0.5, 0.6) is 5.75 Å². The Balaban J connectivity index is 1.77. The molecule has 0 fully saturated rings. The van der Waals surface area contributed by atoms with Crippen molar-refractivity contribution in [2.75, 3.05) is 6.61 Å². The fourth-order valence-electron chi connectivity index (χ4n) is 2.84. The van der Waals surface area contributed by atoms with Crippen LogP contribution in [0.2, 0.25) is 0 Å². The molecule has 116 valence electrons. The number of carbonyl (C=O) groups is 1. The number of aromatic amines is 1. The van der Waals surface area contributed by atoms with Crippen LogP contribution >= 0.6 is 0 Å². The summed E-state index contributed by atoms with van der Waals surface area (Å²) in [5, 5.41) is 10.1. The predicted octanol–water partition coefficient (Wildman–Crippen LogP) is 2.90. The van der Waals surface area contributed by atoms with Crippen molar-refractivity contribution in [3.8, 4) is 17.0 Å². The smallest absolute Gasteiger partial charge is 0.270 e. The number of hydrogen-bond acceptors (Lipinski definition) is 4. The van der Waals surface area contributed by atoms with Crippen molar-refractivity contribution in [1.29, 1.82) is 0 Å². The second-order valence-corrected chi connectivity index (χ2v) is 5.24. The van der Waals surface area contributed by atoms with Gasteiger partial charge < -0.3 is 14.5 Å². The second kappa shape index (κ2) is 5.31. The predicted molar refractivity (Wildman–Crippen MR) is 83.2 cm³/mol. The lowest BCUT2D eigenvalue weighted by Gasteiger charge is -2.10. The third-order valence-corrected chi connectivity index (χ3v) is 3.86.